The van der Waals surface area contributed by atoms with Gasteiger partial charge in [-0.1, -0.05) is 43.8 Å². The van der Waals surface area contributed by atoms with E-state index in [4.69, 9.17) is 14.8 Å². The summed E-state index contributed by atoms with van der Waals surface area (Å²) >= 11 is 1.34. The maximum atomic E-state index is 12.3. The lowest BCUT2D eigenvalue weighted by Crippen LogP contribution is -2.31. The molecule has 0 radical (unpaired) electrons. The van der Waals surface area contributed by atoms with Crippen molar-refractivity contribution in [2.24, 2.45) is 16.9 Å². The normalized spacial score (nSPS) is 16.7. The summed E-state index contributed by atoms with van der Waals surface area (Å²) in [6.07, 6.45) is 2.40. The Morgan fingerprint density at radius 3 is 2.75 bits per heavy atom. The summed E-state index contributed by atoms with van der Waals surface area (Å²) in [6.45, 7) is 6.05. The zero-order valence-corrected chi connectivity index (χ0v) is 19.6. The van der Waals surface area contributed by atoms with Crippen LogP contribution in [0.25, 0.3) is 22.4 Å². The SMILES string of the molecule is COc1cccc(-c2nc3cc(C4=NN(CC5CC5)C(=O)SC4)ccc3n2CC(C)C)c1. The van der Waals surface area contributed by atoms with Gasteiger partial charge in [-0.05, 0) is 48.9 Å². The van der Waals surface area contributed by atoms with Gasteiger partial charge in [0.05, 0.1) is 23.9 Å². The summed E-state index contributed by atoms with van der Waals surface area (Å²) in [5.74, 6) is 3.46. The molecule has 0 spiro atoms. The molecule has 2 heterocycles. The second-order valence-electron chi connectivity index (χ2n) is 9.00. The number of amides is 1. The average molecular weight is 449 g/mol. The van der Waals surface area contributed by atoms with E-state index in [1.807, 2.05) is 18.2 Å². The number of hydrazone groups is 1. The Morgan fingerprint density at radius 2 is 2.00 bits per heavy atom. The Hall–Kier alpha value is -2.80. The largest absolute Gasteiger partial charge is 0.497 e. The fourth-order valence-corrected chi connectivity index (χ4v) is 4.81. The van der Waals surface area contributed by atoms with Gasteiger partial charge in [-0.15, -0.1) is 0 Å². The van der Waals surface area contributed by atoms with Crippen LogP contribution in [-0.4, -0.2) is 44.9 Å². The molecule has 0 N–H and O–H groups in total. The van der Waals surface area contributed by atoms with Gasteiger partial charge in [0, 0.05) is 30.0 Å². The van der Waals surface area contributed by atoms with Crippen molar-refractivity contribution in [3.05, 3.63) is 48.0 Å². The number of aromatic nitrogens is 2. The highest BCUT2D eigenvalue weighted by molar-refractivity contribution is 8.14. The van der Waals surface area contributed by atoms with Crippen LogP contribution >= 0.6 is 11.8 Å². The van der Waals surface area contributed by atoms with Gasteiger partial charge < -0.3 is 9.30 Å². The lowest BCUT2D eigenvalue weighted by Gasteiger charge is -2.22. The van der Waals surface area contributed by atoms with Gasteiger partial charge in [-0.2, -0.15) is 5.10 Å². The van der Waals surface area contributed by atoms with E-state index >= 15 is 0 Å². The fourth-order valence-electron chi connectivity index (χ4n) is 4.06. The molecule has 1 saturated carbocycles. The van der Waals surface area contributed by atoms with Crippen LogP contribution in [0, 0.1) is 11.8 Å². The van der Waals surface area contributed by atoms with Gasteiger partial charge in [0.2, 0.25) is 0 Å². The standard InChI is InChI=1S/C25H28N4O2S/c1-16(2)13-28-23-10-9-18(22-15-32-25(30)29(27-22)14-17-7-8-17)12-21(23)26-24(28)19-5-4-6-20(11-19)31-3/h4-6,9-12,16-17H,7-8,13-15H2,1-3H3. The second-order valence-corrected chi connectivity index (χ2v) is 9.93. The number of nitrogens with zero attached hydrogens (tertiary/aromatic N) is 4. The number of carbonyl (C=O) groups excluding carboxylic acids is 1. The lowest BCUT2D eigenvalue weighted by molar-refractivity contribution is 0.222. The third kappa shape index (κ3) is 4.26. The van der Waals surface area contributed by atoms with Crippen LogP contribution in [0.15, 0.2) is 47.6 Å². The molecule has 6 nitrogen and oxygen atoms in total. The number of hydrogen-bond acceptors (Lipinski definition) is 5. The van der Waals surface area contributed by atoms with E-state index in [1.54, 1.807) is 12.1 Å². The minimum Gasteiger partial charge on any atom is -0.497 e. The third-order valence-electron chi connectivity index (χ3n) is 5.87. The first kappa shape index (κ1) is 21.1. The molecule has 0 atom stereocenters. The van der Waals surface area contributed by atoms with Crippen LogP contribution in [-0.2, 0) is 6.54 Å². The average Bonchev–Trinajstić information content (AvgIpc) is 3.55. The van der Waals surface area contributed by atoms with Crippen LogP contribution in [0.4, 0.5) is 4.79 Å². The summed E-state index contributed by atoms with van der Waals surface area (Å²) in [7, 11) is 1.68. The summed E-state index contributed by atoms with van der Waals surface area (Å²) in [5.41, 5.74) is 5.06. The van der Waals surface area contributed by atoms with Crippen LogP contribution in [0.3, 0.4) is 0 Å². The Bertz CT molecular complexity index is 1200. The number of rotatable bonds is 7. The molecule has 7 heteroatoms. The number of fused-ring (bicyclic) bond motifs is 1. The Labute approximate surface area is 192 Å². The van der Waals surface area contributed by atoms with E-state index in [9.17, 15) is 4.79 Å². The van der Waals surface area contributed by atoms with Gasteiger partial charge in [0.1, 0.15) is 11.6 Å². The monoisotopic (exact) mass is 448 g/mol. The second kappa shape index (κ2) is 8.62. The van der Waals surface area contributed by atoms with E-state index in [1.165, 1.54) is 24.6 Å². The predicted octanol–water partition coefficient (Wildman–Crippen LogP) is 5.65. The molecule has 166 valence electrons. The van der Waals surface area contributed by atoms with Crippen molar-refractivity contribution in [3.63, 3.8) is 0 Å². The van der Waals surface area contributed by atoms with Crippen LogP contribution < -0.4 is 4.74 Å². The minimum absolute atomic E-state index is 0.0586. The Balaban J connectivity index is 1.55. The Kier molecular flexibility index (Phi) is 5.67. The van der Waals surface area contributed by atoms with E-state index in [0.29, 0.717) is 17.6 Å². The summed E-state index contributed by atoms with van der Waals surface area (Å²) in [5, 5.41) is 6.42. The number of imidazole rings is 1. The van der Waals surface area contributed by atoms with Crippen molar-refractivity contribution in [2.75, 3.05) is 19.4 Å². The first-order valence-electron chi connectivity index (χ1n) is 11.2. The summed E-state index contributed by atoms with van der Waals surface area (Å²) < 4.78 is 7.72. The van der Waals surface area contributed by atoms with Crippen molar-refractivity contribution < 1.29 is 9.53 Å². The maximum absolute atomic E-state index is 12.3. The fraction of sp³-hybridized carbons (Fsp3) is 0.400. The van der Waals surface area contributed by atoms with Crippen LogP contribution in [0.1, 0.15) is 32.3 Å². The number of thioether (sulfide) groups is 1. The van der Waals surface area contributed by atoms with Crippen molar-refractivity contribution in [2.45, 2.75) is 33.2 Å². The maximum Gasteiger partial charge on any atom is 0.302 e. The quantitative estimate of drug-likeness (QED) is 0.469. The summed E-state index contributed by atoms with van der Waals surface area (Å²) in [6, 6.07) is 14.4. The summed E-state index contributed by atoms with van der Waals surface area (Å²) in [4.78, 5) is 17.3. The molecule has 0 bridgehead atoms. The van der Waals surface area contributed by atoms with Crippen LogP contribution in [0.2, 0.25) is 0 Å². The number of hydrogen-bond donors (Lipinski definition) is 0. The number of ether oxygens (including phenoxy) is 1. The van der Waals surface area contributed by atoms with Crippen molar-refractivity contribution in [3.8, 4) is 17.1 Å². The van der Waals surface area contributed by atoms with E-state index in [2.05, 4.69) is 42.7 Å². The number of methoxy groups -OCH3 is 1. The molecule has 3 aromatic rings. The van der Waals surface area contributed by atoms with Crippen LogP contribution in [0.5, 0.6) is 5.75 Å². The molecular formula is C25H28N4O2S. The highest BCUT2D eigenvalue weighted by Gasteiger charge is 2.30. The highest BCUT2D eigenvalue weighted by Crippen LogP contribution is 2.33. The first-order valence-corrected chi connectivity index (χ1v) is 12.2. The molecule has 5 rings (SSSR count). The topological polar surface area (TPSA) is 59.7 Å². The van der Waals surface area contributed by atoms with Crippen molar-refractivity contribution >= 4 is 33.7 Å². The van der Waals surface area contributed by atoms with Crippen molar-refractivity contribution in [1.82, 2.24) is 14.6 Å². The smallest absolute Gasteiger partial charge is 0.302 e. The lowest BCUT2D eigenvalue weighted by atomic mass is 10.1. The third-order valence-corrected chi connectivity index (χ3v) is 6.75. The minimum atomic E-state index is 0.0586. The van der Waals surface area contributed by atoms with Gasteiger partial charge in [0.25, 0.3) is 0 Å². The zero-order chi connectivity index (χ0) is 22.2. The van der Waals surface area contributed by atoms with Crippen molar-refractivity contribution in [1.29, 1.82) is 0 Å². The van der Waals surface area contributed by atoms with E-state index in [0.717, 1.165) is 52.5 Å². The molecule has 1 aliphatic heterocycles. The zero-order valence-electron chi connectivity index (χ0n) is 18.7. The first-order chi connectivity index (χ1) is 15.5. The van der Waals surface area contributed by atoms with Gasteiger partial charge in [-0.25, -0.2) is 9.99 Å². The molecule has 0 unspecified atom stereocenters. The molecule has 1 aromatic heterocycles. The Morgan fingerprint density at radius 1 is 1.16 bits per heavy atom. The molecule has 2 aromatic carbocycles. The molecular weight excluding hydrogens is 420 g/mol. The molecule has 0 saturated heterocycles. The molecule has 2 aliphatic rings. The molecule has 1 aliphatic carbocycles. The van der Waals surface area contributed by atoms with Gasteiger partial charge >= 0.3 is 5.24 Å². The highest BCUT2D eigenvalue weighted by atomic mass is 32.2. The number of carbonyl (C=O) groups is 1. The molecule has 32 heavy (non-hydrogen) atoms. The molecule has 1 amide bonds. The van der Waals surface area contributed by atoms with Gasteiger partial charge in [0.15, 0.2) is 0 Å². The van der Waals surface area contributed by atoms with Gasteiger partial charge in [-0.3, -0.25) is 4.79 Å². The van der Waals surface area contributed by atoms with E-state index in [-0.39, 0.29) is 5.24 Å². The van der Waals surface area contributed by atoms with E-state index < -0.39 is 0 Å². The molecule has 1 fully saturated rings. The predicted molar refractivity (Wildman–Crippen MR) is 130 cm³/mol. The number of benzene rings is 2.